The lowest BCUT2D eigenvalue weighted by atomic mass is 9.72. The molecule has 1 amide bonds. The number of fused-ring (bicyclic) bond motifs is 1. The molecule has 0 aliphatic carbocycles. The summed E-state index contributed by atoms with van der Waals surface area (Å²) in [5, 5.41) is 16.7. The van der Waals surface area contributed by atoms with Crippen LogP contribution in [0.25, 0.3) is 10.9 Å². The molecule has 0 bridgehead atoms. The molecule has 0 aliphatic heterocycles. The maximum Gasteiger partial charge on any atom is 0.312 e. The van der Waals surface area contributed by atoms with Crippen molar-refractivity contribution in [2.75, 3.05) is 6.61 Å². The molecular formula is C25H29BrN4O4. The smallest absolute Gasteiger partial charge is 0.312 e. The van der Waals surface area contributed by atoms with Crippen LogP contribution in [0.1, 0.15) is 52.2 Å². The van der Waals surface area contributed by atoms with E-state index in [2.05, 4.69) is 66.1 Å². The van der Waals surface area contributed by atoms with Gasteiger partial charge < -0.3 is 9.72 Å². The molecule has 34 heavy (non-hydrogen) atoms. The molecule has 2 aromatic carbocycles. The third-order valence-electron chi connectivity index (χ3n) is 5.34. The molecule has 0 atom stereocenters. The van der Waals surface area contributed by atoms with Crippen molar-refractivity contribution in [3.63, 3.8) is 0 Å². The molecule has 3 rings (SSSR count). The maximum absolute atomic E-state index is 12.2. The number of hydrogen-bond acceptors (Lipinski definition) is 5. The Morgan fingerprint density at radius 1 is 1.24 bits per heavy atom. The Bertz CT molecular complexity index is 1240. The second-order valence-electron chi connectivity index (χ2n) is 10.1. The Kier molecular flexibility index (Phi) is 7.45. The minimum atomic E-state index is -0.533. The number of hydrazone groups is 1. The predicted molar refractivity (Wildman–Crippen MR) is 137 cm³/mol. The maximum atomic E-state index is 12.2. The van der Waals surface area contributed by atoms with Crippen LogP contribution in [-0.4, -0.2) is 28.6 Å². The van der Waals surface area contributed by atoms with E-state index >= 15 is 0 Å². The summed E-state index contributed by atoms with van der Waals surface area (Å²) < 4.78 is 5.96. The van der Waals surface area contributed by atoms with Crippen molar-refractivity contribution in [2.45, 2.75) is 46.5 Å². The minimum Gasteiger partial charge on any atom is -0.476 e. The molecule has 0 aliphatic rings. The van der Waals surface area contributed by atoms with Crippen LogP contribution in [-0.2, 0) is 10.2 Å². The number of para-hydroxylation sites is 1. The van der Waals surface area contributed by atoms with Gasteiger partial charge >= 0.3 is 5.69 Å². The Labute approximate surface area is 207 Å². The highest BCUT2D eigenvalue weighted by Gasteiger charge is 2.31. The summed E-state index contributed by atoms with van der Waals surface area (Å²) in [5.41, 5.74) is 4.56. The summed E-state index contributed by atoms with van der Waals surface area (Å²) >= 11 is 3.40. The fourth-order valence-electron chi connectivity index (χ4n) is 4.22. The molecular weight excluding hydrogens is 500 g/mol. The summed E-state index contributed by atoms with van der Waals surface area (Å²) in [6.45, 7) is 10.1. The van der Waals surface area contributed by atoms with Gasteiger partial charge in [0, 0.05) is 28.7 Å². The topological polar surface area (TPSA) is 110 Å². The average molecular weight is 529 g/mol. The van der Waals surface area contributed by atoms with Crippen molar-refractivity contribution < 1.29 is 14.5 Å². The number of nitro groups is 1. The lowest BCUT2D eigenvalue weighted by molar-refractivity contribution is -0.386. The number of hydrogen-bond donors (Lipinski definition) is 2. The van der Waals surface area contributed by atoms with Gasteiger partial charge in [-0.05, 0) is 50.9 Å². The van der Waals surface area contributed by atoms with E-state index in [0.29, 0.717) is 4.47 Å². The van der Waals surface area contributed by atoms with Crippen LogP contribution in [0.3, 0.4) is 0 Å². The van der Waals surface area contributed by atoms with Crippen molar-refractivity contribution in [3.05, 3.63) is 68.3 Å². The lowest BCUT2D eigenvalue weighted by Gasteiger charge is -2.33. The number of nitrogens with zero attached hydrogens (tertiary/aromatic N) is 2. The molecule has 0 saturated carbocycles. The van der Waals surface area contributed by atoms with E-state index in [-0.39, 0.29) is 22.3 Å². The summed E-state index contributed by atoms with van der Waals surface area (Å²) in [7, 11) is 0. The summed E-state index contributed by atoms with van der Waals surface area (Å²) in [4.78, 5) is 26.6. The van der Waals surface area contributed by atoms with E-state index in [1.54, 1.807) is 6.20 Å². The van der Waals surface area contributed by atoms with Crippen LogP contribution >= 0.6 is 15.9 Å². The van der Waals surface area contributed by atoms with Crippen LogP contribution in [0.5, 0.6) is 5.75 Å². The summed E-state index contributed by atoms with van der Waals surface area (Å²) in [6.07, 6.45) is 4.15. The Balaban J connectivity index is 1.71. The Morgan fingerprint density at radius 3 is 2.62 bits per heavy atom. The van der Waals surface area contributed by atoms with E-state index in [4.69, 9.17) is 4.74 Å². The first-order valence-corrected chi connectivity index (χ1v) is 11.7. The zero-order valence-electron chi connectivity index (χ0n) is 19.9. The number of carbonyl (C=O) groups excluding carboxylic acids is 1. The van der Waals surface area contributed by atoms with Gasteiger partial charge in [-0.1, -0.05) is 52.8 Å². The number of halogens is 1. The number of aromatic amines is 1. The fourth-order valence-corrected chi connectivity index (χ4v) is 4.78. The first-order chi connectivity index (χ1) is 15.9. The van der Waals surface area contributed by atoms with E-state index in [1.807, 2.05) is 30.3 Å². The van der Waals surface area contributed by atoms with Gasteiger partial charge in [0.2, 0.25) is 5.75 Å². The first-order valence-electron chi connectivity index (χ1n) is 10.9. The van der Waals surface area contributed by atoms with E-state index in [0.717, 1.165) is 28.5 Å². The van der Waals surface area contributed by atoms with Crippen molar-refractivity contribution >= 4 is 44.6 Å². The van der Waals surface area contributed by atoms with Crippen molar-refractivity contribution in [3.8, 4) is 5.75 Å². The molecule has 8 nitrogen and oxygen atoms in total. The van der Waals surface area contributed by atoms with Gasteiger partial charge in [0.05, 0.1) is 15.6 Å². The van der Waals surface area contributed by atoms with Crippen molar-refractivity contribution in [1.29, 1.82) is 0 Å². The van der Waals surface area contributed by atoms with Crippen LogP contribution in [0.2, 0.25) is 0 Å². The number of carbonyl (C=O) groups is 1. The summed E-state index contributed by atoms with van der Waals surface area (Å²) in [5.74, 6) is -0.523. The molecule has 1 aromatic heterocycles. The summed E-state index contributed by atoms with van der Waals surface area (Å²) in [6, 6.07) is 11.1. The molecule has 0 unspecified atom stereocenters. The number of amides is 1. The highest BCUT2D eigenvalue weighted by molar-refractivity contribution is 9.10. The third kappa shape index (κ3) is 6.22. The monoisotopic (exact) mass is 528 g/mol. The van der Waals surface area contributed by atoms with Crippen LogP contribution in [0.15, 0.2) is 52.2 Å². The molecule has 3 aromatic rings. The van der Waals surface area contributed by atoms with E-state index in [9.17, 15) is 14.9 Å². The molecule has 0 fully saturated rings. The molecule has 2 N–H and O–H groups in total. The van der Waals surface area contributed by atoms with Gasteiger partial charge in [0.15, 0.2) is 6.61 Å². The lowest BCUT2D eigenvalue weighted by Crippen LogP contribution is -2.26. The zero-order chi connectivity index (χ0) is 25.1. The quantitative estimate of drug-likeness (QED) is 0.209. The largest absolute Gasteiger partial charge is 0.476 e. The molecule has 0 spiro atoms. The number of nitrogens with one attached hydrogen (secondary N) is 2. The average Bonchev–Trinajstić information content (AvgIpc) is 3.13. The highest BCUT2D eigenvalue weighted by Crippen LogP contribution is 2.43. The second kappa shape index (κ2) is 9.97. The fraction of sp³-hybridized carbons (Fsp3) is 0.360. The number of nitro benzene ring substituents is 1. The van der Waals surface area contributed by atoms with Gasteiger partial charge in [-0.2, -0.15) is 5.10 Å². The second-order valence-corrected chi connectivity index (χ2v) is 10.9. The van der Waals surface area contributed by atoms with E-state index in [1.165, 1.54) is 12.3 Å². The number of rotatable bonds is 8. The normalized spacial score (nSPS) is 12.3. The number of benzene rings is 2. The number of ether oxygens (including phenoxy) is 1. The molecule has 0 radical (unpaired) electrons. The van der Waals surface area contributed by atoms with Gasteiger partial charge in [0.25, 0.3) is 5.91 Å². The van der Waals surface area contributed by atoms with Crippen LogP contribution in [0.4, 0.5) is 5.69 Å². The molecule has 9 heteroatoms. The number of H-pyrrole nitrogens is 1. The standard InChI is InChI=1S/C25H29BrN4O4/c1-24(2,3)15-25(4,5)17-10-19(26)23(21(11-17)30(32)33)34-14-22(31)29-28-13-16-12-27-20-9-7-6-8-18(16)20/h6-13,27H,14-15H2,1-5H3,(H,29,31). The Hall–Kier alpha value is -3.20. The third-order valence-corrected chi connectivity index (χ3v) is 5.93. The molecule has 180 valence electrons. The minimum absolute atomic E-state index is 0.0102. The molecule has 1 heterocycles. The van der Waals surface area contributed by atoms with E-state index < -0.39 is 17.4 Å². The van der Waals surface area contributed by atoms with Crippen molar-refractivity contribution in [2.24, 2.45) is 10.5 Å². The highest BCUT2D eigenvalue weighted by atomic mass is 79.9. The number of aromatic nitrogens is 1. The first kappa shape index (κ1) is 25.4. The Morgan fingerprint density at radius 2 is 1.94 bits per heavy atom. The van der Waals surface area contributed by atoms with Gasteiger partial charge in [-0.15, -0.1) is 0 Å². The van der Waals surface area contributed by atoms with Gasteiger partial charge in [-0.25, -0.2) is 5.43 Å². The van der Waals surface area contributed by atoms with Crippen molar-refractivity contribution in [1.82, 2.24) is 10.4 Å². The van der Waals surface area contributed by atoms with Crippen LogP contribution < -0.4 is 10.2 Å². The van der Waals surface area contributed by atoms with Gasteiger partial charge in [0.1, 0.15) is 0 Å². The zero-order valence-corrected chi connectivity index (χ0v) is 21.5. The van der Waals surface area contributed by atoms with Gasteiger partial charge in [-0.3, -0.25) is 14.9 Å². The SMILES string of the molecule is CC(C)(C)CC(C)(C)c1cc(Br)c(OCC(=O)NN=Cc2c[nH]c3ccccc23)c([N+](=O)[O-])c1. The predicted octanol–water partition coefficient (Wildman–Crippen LogP) is 6.08. The van der Waals surface area contributed by atoms with Crippen LogP contribution in [0, 0.1) is 15.5 Å². The molecule has 0 saturated heterocycles.